The maximum absolute atomic E-state index is 11.0. The minimum absolute atomic E-state index is 0.0613. The minimum Gasteiger partial charge on any atom is -0.258 e. The molecule has 0 fully saturated rings. The van der Waals surface area contributed by atoms with Gasteiger partial charge >= 0.3 is 0 Å². The third-order valence-corrected chi connectivity index (χ3v) is 2.81. The fourth-order valence-corrected chi connectivity index (χ4v) is 1.90. The Hall–Kier alpha value is -2.45. The van der Waals surface area contributed by atoms with Crippen LogP contribution in [0.1, 0.15) is 17.2 Å². The monoisotopic (exact) mass is 273 g/mol. The van der Waals surface area contributed by atoms with Crippen LogP contribution >= 0.6 is 11.6 Å². The maximum Gasteiger partial charge on any atom is 0.292 e. The van der Waals surface area contributed by atoms with E-state index >= 15 is 0 Å². The summed E-state index contributed by atoms with van der Waals surface area (Å²) in [5.74, 6) is -0.819. The Labute approximate surface area is 114 Å². The van der Waals surface area contributed by atoms with Gasteiger partial charge < -0.3 is 0 Å². The van der Waals surface area contributed by atoms with E-state index in [4.69, 9.17) is 11.6 Å². The van der Waals surface area contributed by atoms with Crippen molar-refractivity contribution < 1.29 is 4.92 Å². The van der Waals surface area contributed by atoms with E-state index in [1.165, 1.54) is 12.1 Å². The van der Waals surface area contributed by atoms with Gasteiger partial charge in [-0.15, -0.1) is 0 Å². The lowest BCUT2D eigenvalue weighted by molar-refractivity contribution is -0.386. The van der Waals surface area contributed by atoms with Crippen LogP contribution in [0.5, 0.6) is 0 Å². The third-order valence-electron chi connectivity index (χ3n) is 2.60. The van der Waals surface area contributed by atoms with Gasteiger partial charge in [-0.05, 0) is 11.6 Å². The van der Waals surface area contributed by atoms with Crippen LogP contribution in [0.25, 0.3) is 0 Å². The number of aromatic nitrogens is 1. The number of halogens is 1. The predicted octanol–water partition coefficient (Wildman–Crippen LogP) is 3.30. The van der Waals surface area contributed by atoms with Crippen molar-refractivity contribution in [1.29, 1.82) is 5.26 Å². The molecule has 0 aliphatic carbocycles. The third kappa shape index (κ3) is 2.69. The topological polar surface area (TPSA) is 79.8 Å². The van der Waals surface area contributed by atoms with Crippen molar-refractivity contribution in [3.8, 4) is 6.07 Å². The lowest BCUT2D eigenvalue weighted by Crippen LogP contribution is -2.05. The molecule has 19 heavy (non-hydrogen) atoms. The van der Waals surface area contributed by atoms with E-state index in [2.05, 4.69) is 4.98 Å². The Balaban J connectivity index is 2.59. The molecular weight excluding hydrogens is 266 g/mol. The van der Waals surface area contributed by atoms with Crippen LogP contribution in [-0.4, -0.2) is 9.91 Å². The molecule has 0 spiro atoms. The summed E-state index contributed by atoms with van der Waals surface area (Å²) >= 11 is 5.77. The van der Waals surface area contributed by atoms with Gasteiger partial charge in [-0.2, -0.15) is 5.26 Å². The molecule has 1 heterocycles. The fraction of sp³-hybridized carbons (Fsp3) is 0.0769. The molecule has 0 aliphatic rings. The zero-order chi connectivity index (χ0) is 13.8. The highest BCUT2D eigenvalue weighted by Gasteiger charge is 2.25. The number of nitro groups is 1. The van der Waals surface area contributed by atoms with E-state index in [-0.39, 0.29) is 16.5 Å². The number of pyridine rings is 1. The molecule has 5 nitrogen and oxygen atoms in total. The number of rotatable bonds is 3. The summed E-state index contributed by atoms with van der Waals surface area (Å²) in [6.45, 7) is 0. The van der Waals surface area contributed by atoms with Crippen molar-refractivity contribution in [1.82, 2.24) is 4.98 Å². The van der Waals surface area contributed by atoms with Gasteiger partial charge in [-0.1, -0.05) is 41.9 Å². The van der Waals surface area contributed by atoms with Crippen molar-refractivity contribution in [2.45, 2.75) is 5.92 Å². The van der Waals surface area contributed by atoms with E-state index in [0.29, 0.717) is 5.56 Å². The van der Waals surface area contributed by atoms with Gasteiger partial charge in [0.1, 0.15) is 16.8 Å². The first-order valence-electron chi connectivity index (χ1n) is 5.39. The van der Waals surface area contributed by atoms with E-state index in [1.54, 1.807) is 30.3 Å². The average Bonchev–Trinajstić information content (AvgIpc) is 2.40. The number of benzene rings is 1. The Kier molecular flexibility index (Phi) is 3.74. The molecule has 0 saturated heterocycles. The molecule has 6 heteroatoms. The normalized spacial score (nSPS) is 11.6. The highest BCUT2D eigenvalue weighted by Crippen LogP contribution is 2.30. The Morgan fingerprint density at radius 3 is 2.53 bits per heavy atom. The zero-order valence-electron chi connectivity index (χ0n) is 9.65. The van der Waals surface area contributed by atoms with Gasteiger partial charge in [0.15, 0.2) is 0 Å². The van der Waals surface area contributed by atoms with Crippen LogP contribution in [0, 0.1) is 21.4 Å². The summed E-state index contributed by atoms with van der Waals surface area (Å²) in [5, 5.41) is 20.4. The van der Waals surface area contributed by atoms with Crippen molar-refractivity contribution >= 4 is 17.3 Å². The van der Waals surface area contributed by atoms with Gasteiger partial charge in [-0.3, -0.25) is 10.1 Å². The molecule has 1 atom stereocenters. The van der Waals surface area contributed by atoms with Crippen LogP contribution < -0.4 is 0 Å². The Bertz CT molecular complexity index is 653. The summed E-state index contributed by atoms with van der Waals surface area (Å²) in [7, 11) is 0. The van der Waals surface area contributed by atoms with Gasteiger partial charge in [0.25, 0.3) is 5.69 Å². The SMILES string of the molecule is N#CC(c1ccccc1)c1nc(Cl)ccc1[N+](=O)[O-]. The molecule has 0 saturated carbocycles. The zero-order valence-corrected chi connectivity index (χ0v) is 10.4. The smallest absolute Gasteiger partial charge is 0.258 e. The Morgan fingerprint density at radius 1 is 1.26 bits per heavy atom. The molecule has 94 valence electrons. The molecule has 0 bridgehead atoms. The van der Waals surface area contributed by atoms with Crippen LogP contribution in [0.3, 0.4) is 0 Å². The van der Waals surface area contributed by atoms with Crippen LogP contribution in [0.15, 0.2) is 42.5 Å². The standard InChI is InChI=1S/C13H8ClN3O2/c14-12-7-6-11(17(18)19)13(16-12)10(8-15)9-4-2-1-3-5-9/h1-7,10H. The number of nitrogens with zero attached hydrogens (tertiary/aromatic N) is 3. The molecule has 0 aliphatic heterocycles. The average molecular weight is 274 g/mol. The molecule has 1 aromatic heterocycles. The Morgan fingerprint density at radius 2 is 1.95 bits per heavy atom. The predicted molar refractivity (Wildman–Crippen MR) is 69.8 cm³/mol. The van der Waals surface area contributed by atoms with Crippen LogP contribution in [0.4, 0.5) is 5.69 Å². The highest BCUT2D eigenvalue weighted by atomic mass is 35.5. The van der Waals surface area contributed by atoms with E-state index in [9.17, 15) is 15.4 Å². The number of hydrogen-bond donors (Lipinski definition) is 0. The minimum atomic E-state index is -0.819. The second-order valence-corrected chi connectivity index (χ2v) is 4.16. The van der Waals surface area contributed by atoms with Crippen LogP contribution in [0.2, 0.25) is 5.15 Å². The van der Waals surface area contributed by atoms with Gasteiger partial charge in [0, 0.05) is 6.07 Å². The van der Waals surface area contributed by atoms with Gasteiger partial charge in [0.05, 0.1) is 11.0 Å². The molecule has 2 aromatic rings. The van der Waals surface area contributed by atoms with Crippen molar-refractivity contribution in [2.75, 3.05) is 0 Å². The molecule has 0 N–H and O–H groups in total. The lowest BCUT2D eigenvalue weighted by Gasteiger charge is -2.09. The second kappa shape index (κ2) is 5.46. The van der Waals surface area contributed by atoms with Gasteiger partial charge in [0.2, 0.25) is 0 Å². The lowest BCUT2D eigenvalue weighted by atomic mass is 9.96. The quantitative estimate of drug-likeness (QED) is 0.488. The molecular formula is C13H8ClN3O2. The fourth-order valence-electron chi connectivity index (χ4n) is 1.75. The molecule has 2 rings (SSSR count). The van der Waals surface area contributed by atoms with Crippen molar-refractivity contribution in [3.63, 3.8) is 0 Å². The molecule has 1 aromatic carbocycles. The maximum atomic E-state index is 11.0. The summed E-state index contributed by atoms with van der Waals surface area (Å²) in [6, 6.07) is 13.4. The first-order valence-corrected chi connectivity index (χ1v) is 5.76. The first-order chi connectivity index (χ1) is 9.13. The van der Waals surface area contributed by atoms with E-state index in [1.807, 2.05) is 6.07 Å². The molecule has 0 radical (unpaired) electrons. The van der Waals surface area contributed by atoms with Crippen molar-refractivity contribution in [3.05, 3.63) is 69.0 Å². The van der Waals surface area contributed by atoms with Crippen LogP contribution in [-0.2, 0) is 0 Å². The second-order valence-electron chi connectivity index (χ2n) is 3.77. The van der Waals surface area contributed by atoms with Crippen molar-refractivity contribution in [2.24, 2.45) is 0 Å². The summed E-state index contributed by atoms with van der Waals surface area (Å²) in [6.07, 6.45) is 0. The number of nitriles is 1. The number of hydrogen-bond acceptors (Lipinski definition) is 4. The largest absolute Gasteiger partial charge is 0.292 e. The first kappa shape index (κ1) is 13.0. The van der Waals surface area contributed by atoms with Gasteiger partial charge in [-0.25, -0.2) is 4.98 Å². The van der Waals surface area contributed by atoms with E-state index in [0.717, 1.165) is 0 Å². The molecule has 0 amide bonds. The summed E-state index contributed by atoms with van der Waals surface area (Å²) < 4.78 is 0. The highest BCUT2D eigenvalue weighted by molar-refractivity contribution is 6.29. The molecule has 1 unspecified atom stereocenters. The summed E-state index contributed by atoms with van der Waals surface area (Å²) in [4.78, 5) is 14.4. The van der Waals surface area contributed by atoms with E-state index < -0.39 is 10.8 Å². The summed E-state index contributed by atoms with van der Waals surface area (Å²) in [5.41, 5.74) is 0.494.